The molecule has 7 nitrogen and oxygen atoms in total. The van der Waals surface area contributed by atoms with Crippen molar-refractivity contribution < 1.29 is 19.1 Å². The first kappa shape index (κ1) is 19.7. The van der Waals surface area contributed by atoms with Gasteiger partial charge in [0.25, 0.3) is 5.91 Å². The van der Waals surface area contributed by atoms with Crippen molar-refractivity contribution in [1.82, 2.24) is 15.1 Å². The molecule has 3 aliphatic rings. The quantitative estimate of drug-likeness (QED) is 0.789. The van der Waals surface area contributed by atoms with Crippen molar-refractivity contribution in [3.8, 4) is 5.75 Å². The van der Waals surface area contributed by atoms with Crippen LogP contribution in [-0.2, 0) is 15.1 Å². The lowest BCUT2D eigenvalue weighted by Crippen LogP contribution is -2.49. The van der Waals surface area contributed by atoms with Crippen LogP contribution in [0.5, 0.6) is 5.75 Å². The maximum atomic E-state index is 13.1. The van der Waals surface area contributed by atoms with Gasteiger partial charge in [0.2, 0.25) is 5.91 Å². The van der Waals surface area contributed by atoms with Crippen LogP contribution in [-0.4, -0.2) is 54.4 Å². The van der Waals surface area contributed by atoms with Gasteiger partial charge in [0.05, 0.1) is 7.11 Å². The number of fused-ring (bicyclic) bond motifs is 1. The number of carbonyl (C=O) groups excluding carboxylic acids is 3. The van der Waals surface area contributed by atoms with Crippen molar-refractivity contribution in [1.29, 1.82) is 0 Å². The number of carbonyl (C=O) groups is 3. The average Bonchev–Trinajstić information content (AvgIpc) is 2.97. The summed E-state index contributed by atoms with van der Waals surface area (Å²) < 4.78 is 5.16. The molecule has 3 atom stereocenters. The molecule has 2 aliphatic heterocycles. The van der Waals surface area contributed by atoms with Crippen molar-refractivity contribution in [2.75, 3.05) is 26.7 Å². The summed E-state index contributed by atoms with van der Waals surface area (Å²) in [5.74, 6) is 1.43. The zero-order valence-electron chi connectivity index (χ0n) is 17.1. The van der Waals surface area contributed by atoms with Crippen molar-refractivity contribution in [3.63, 3.8) is 0 Å². The number of nitrogens with zero attached hydrogens (tertiary/aromatic N) is 2. The Morgan fingerprint density at radius 2 is 1.83 bits per heavy atom. The fourth-order valence-electron chi connectivity index (χ4n) is 5.02. The molecule has 1 aliphatic carbocycles. The van der Waals surface area contributed by atoms with Crippen molar-refractivity contribution in [3.05, 3.63) is 29.8 Å². The number of hydrogen-bond donors (Lipinski definition) is 1. The summed E-state index contributed by atoms with van der Waals surface area (Å²) in [7, 11) is 1.57. The normalized spacial score (nSPS) is 29.4. The fourth-order valence-corrected chi connectivity index (χ4v) is 5.02. The predicted molar refractivity (Wildman–Crippen MR) is 107 cm³/mol. The fraction of sp³-hybridized carbons (Fsp3) is 0.591. The van der Waals surface area contributed by atoms with Gasteiger partial charge in [-0.2, -0.15) is 0 Å². The molecular weight excluding hydrogens is 370 g/mol. The first-order valence-electron chi connectivity index (χ1n) is 10.5. The summed E-state index contributed by atoms with van der Waals surface area (Å²) in [5.41, 5.74) is -0.519. The lowest BCUT2D eigenvalue weighted by Gasteiger charge is -2.41. The number of likely N-dealkylation sites (tertiary alicyclic amines) is 1. The topological polar surface area (TPSA) is 79.0 Å². The number of urea groups is 1. The first-order chi connectivity index (χ1) is 13.9. The molecule has 0 bridgehead atoms. The second-order valence-corrected chi connectivity index (χ2v) is 8.61. The van der Waals surface area contributed by atoms with Gasteiger partial charge in [0.1, 0.15) is 17.8 Å². The van der Waals surface area contributed by atoms with E-state index in [2.05, 4.69) is 5.32 Å². The van der Waals surface area contributed by atoms with Crippen LogP contribution in [0.1, 0.15) is 44.6 Å². The molecule has 0 unspecified atom stereocenters. The smallest absolute Gasteiger partial charge is 0.325 e. The zero-order valence-corrected chi connectivity index (χ0v) is 17.1. The second kappa shape index (κ2) is 7.69. The summed E-state index contributed by atoms with van der Waals surface area (Å²) in [6, 6.07) is 6.51. The summed E-state index contributed by atoms with van der Waals surface area (Å²) in [6.45, 7) is 2.95. The van der Waals surface area contributed by atoms with Gasteiger partial charge < -0.3 is 15.0 Å². The summed E-state index contributed by atoms with van der Waals surface area (Å²) in [5, 5.41) is 2.76. The molecule has 29 heavy (non-hydrogen) atoms. The summed E-state index contributed by atoms with van der Waals surface area (Å²) in [6.07, 6.45) is 5.99. The molecule has 0 aromatic heterocycles. The SMILES string of the molecule is COc1ccc([C@@]2(C)NC(=O)N(CC(=O)N3CC[C@H]4CCCC[C@@H]4C3)C2=O)cc1. The van der Waals surface area contributed by atoms with E-state index >= 15 is 0 Å². The molecule has 1 saturated carbocycles. The van der Waals surface area contributed by atoms with Crippen LogP contribution < -0.4 is 10.1 Å². The lowest BCUT2D eigenvalue weighted by atomic mass is 9.75. The molecule has 0 spiro atoms. The maximum absolute atomic E-state index is 13.1. The summed E-state index contributed by atoms with van der Waals surface area (Å²) >= 11 is 0. The van der Waals surface area contributed by atoms with Gasteiger partial charge in [-0.05, 0) is 49.3 Å². The van der Waals surface area contributed by atoms with Crippen LogP contribution >= 0.6 is 0 Å². The molecule has 0 radical (unpaired) electrons. The predicted octanol–water partition coefficient (Wildman–Crippen LogP) is 2.50. The van der Waals surface area contributed by atoms with E-state index < -0.39 is 17.5 Å². The second-order valence-electron chi connectivity index (χ2n) is 8.61. The van der Waals surface area contributed by atoms with Gasteiger partial charge in [-0.15, -0.1) is 0 Å². The van der Waals surface area contributed by atoms with E-state index in [4.69, 9.17) is 4.74 Å². The highest BCUT2D eigenvalue weighted by atomic mass is 16.5. The molecule has 3 fully saturated rings. The Morgan fingerprint density at radius 1 is 1.14 bits per heavy atom. The van der Waals surface area contributed by atoms with E-state index in [0.29, 0.717) is 17.2 Å². The number of rotatable bonds is 4. The minimum absolute atomic E-state index is 0.142. The van der Waals surface area contributed by atoms with Gasteiger partial charge >= 0.3 is 6.03 Å². The lowest BCUT2D eigenvalue weighted by molar-refractivity contribution is -0.140. The minimum atomic E-state index is -1.18. The molecular formula is C22H29N3O4. The van der Waals surface area contributed by atoms with Crippen molar-refractivity contribution in [2.45, 2.75) is 44.6 Å². The highest BCUT2D eigenvalue weighted by Crippen LogP contribution is 2.36. The molecule has 2 heterocycles. The molecule has 1 aromatic rings. The van der Waals surface area contributed by atoms with Gasteiger partial charge in [0.15, 0.2) is 0 Å². The third kappa shape index (κ3) is 3.58. The number of imide groups is 1. The maximum Gasteiger partial charge on any atom is 0.325 e. The number of hydrogen-bond acceptors (Lipinski definition) is 4. The van der Waals surface area contributed by atoms with Crippen LogP contribution in [0.25, 0.3) is 0 Å². The van der Waals surface area contributed by atoms with Crippen LogP contribution in [0.3, 0.4) is 0 Å². The average molecular weight is 399 g/mol. The van der Waals surface area contributed by atoms with Gasteiger partial charge in [-0.25, -0.2) is 4.79 Å². The standard InChI is InChI=1S/C22H29N3O4/c1-22(17-7-9-18(29-2)10-8-17)20(27)25(21(28)23-22)14-19(26)24-12-11-15-5-3-4-6-16(15)13-24/h7-10,15-16H,3-6,11-14H2,1-2H3,(H,23,28)/t15-,16-,22-/m1/s1. The molecule has 7 heteroatoms. The zero-order chi connectivity index (χ0) is 20.6. The van der Waals surface area contributed by atoms with E-state index in [9.17, 15) is 14.4 Å². The van der Waals surface area contributed by atoms with Crippen molar-refractivity contribution >= 4 is 17.8 Å². The third-order valence-corrected chi connectivity index (χ3v) is 6.88. The van der Waals surface area contributed by atoms with Crippen LogP contribution in [0, 0.1) is 11.8 Å². The molecule has 1 N–H and O–H groups in total. The van der Waals surface area contributed by atoms with Gasteiger partial charge in [-0.3, -0.25) is 14.5 Å². The van der Waals surface area contributed by atoms with Crippen LogP contribution in [0.2, 0.25) is 0 Å². The third-order valence-electron chi connectivity index (χ3n) is 6.88. The molecule has 1 aromatic carbocycles. The van der Waals surface area contributed by atoms with E-state index in [-0.39, 0.29) is 12.5 Å². The molecule has 4 rings (SSSR count). The van der Waals surface area contributed by atoms with Crippen LogP contribution in [0.4, 0.5) is 4.79 Å². The Balaban J connectivity index is 1.44. The van der Waals surface area contributed by atoms with E-state index in [1.54, 1.807) is 38.3 Å². The monoisotopic (exact) mass is 399 g/mol. The number of piperidine rings is 1. The van der Waals surface area contributed by atoms with E-state index in [1.807, 2.05) is 4.90 Å². The number of ether oxygens (including phenoxy) is 1. The Hall–Kier alpha value is -2.57. The Kier molecular flexibility index (Phi) is 5.23. The Morgan fingerprint density at radius 3 is 2.52 bits per heavy atom. The highest BCUT2D eigenvalue weighted by Gasteiger charge is 2.50. The number of amides is 4. The Labute approximate surface area is 171 Å². The van der Waals surface area contributed by atoms with Crippen LogP contribution in [0.15, 0.2) is 24.3 Å². The minimum Gasteiger partial charge on any atom is -0.497 e. The number of methoxy groups -OCH3 is 1. The Bertz CT molecular complexity index is 809. The van der Waals surface area contributed by atoms with E-state index in [0.717, 1.165) is 30.3 Å². The molecule has 2 saturated heterocycles. The number of benzene rings is 1. The van der Waals surface area contributed by atoms with Crippen molar-refractivity contribution in [2.24, 2.45) is 11.8 Å². The van der Waals surface area contributed by atoms with Gasteiger partial charge in [-0.1, -0.05) is 31.4 Å². The molecule has 4 amide bonds. The summed E-state index contributed by atoms with van der Waals surface area (Å²) in [4.78, 5) is 41.4. The number of nitrogens with one attached hydrogen (secondary N) is 1. The highest BCUT2D eigenvalue weighted by molar-refractivity contribution is 6.09. The largest absolute Gasteiger partial charge is 0.497 e. The molecule has 156 valence electrons. The van der Waals surface area contributed by atoms with Gasteiger partial charge in [0, 0.05) is 13.1 Å². The first-order valence-corrected chi connectivity index (χ1v) is 10.5. The van der Waals surface area contributed by atoms with E-state index in [1.165, 1.54) is 25.7 Å².